The maximum atomic E-state index is 12.4. The summed E-state index contributed by atoms with van der Waals surface area (Å²) >= 11 is 0. The summed E-state index contributed by atoms with van der Waals surface area (Å²) in [4.78, 5) is 26.5. The van der Waals surface area contributed by atoms with Gasteiger partial charge in [-0.25, -0.2) is 8.51 Å². The van der Waals surface area contributed by atoms with Gasteiger partial charge in [-0.1, -0.05) is 55.3 Å². The third-order valence-corrected chi connectivity index (χ3v) is 7.47. The number of hydrogen-bond donors (Lipinski definition) is 2. The molecule has 2 N–H and O–H groups in total. The zero-order valence-corrected chi connectivity index (χ0v) is 20.8. The number of piperidine rings is 1. The van der Waals surface area contributed by atoms with Crippen LogP contribution in [0.5, 0.6) is 0 Å². The van der Waals surface area contributed by atoms with Gasteiger partial charge in [-0.2, -0.15) is 0 Å². The first kappa shape index (κ1) is 25.9. The van der Waals surface area contributed by atoms with Crippen LogP contribution in [0, 0.1) is 12.3 Å². The smallest absolute Gasteiger partial charge is 0.240 e. The summed E-state index contributed by atoms with van der Waals surface area (Å²) in [5, 5.41) is 7.63. The van der Waals surface area contributed by atoms with E-state index >= 15 is 0 Å². The zero-order chi connectivity index (χ0) is 24.5. The molecule has 182 valence electrons. The van der Waals surface area contributed by atoms with Gasteiger partial charge in [-0.05, 0) is 35.6 Å². The molecule has 0 radical (unpaired) electrons. The number of carbonyl (C=O) groups excluding carboxylic acids is 2. The summed E-state index contributed by atoms with van der Waals surface area (Å²) in [6.07, 6.45) is 9.38. The number of hydrogen-bond acceptors (Lipinski definition) is 4. The molecule has 1 fully saturated rings. The molecular weight excluding hydrogens is 448 g/mol. The minimum absolute atomic E-state index is 0.00325. The second-order valence-electron chi connectivity index (χ2n) is 8.52. The summed E-state index contributed by atoms with van der Waals surface area (Å²) in [5.41, 5.74) is 1.34. The molecule has 8 heteroatoms. The Balaban J connectivity index is 1.60. The van der Waals surface area contributed by atoms with Crippen molar-refractivity contribution in [3.8, 4) is 12.3 Å². The van der Waals surface area contributed by atoms with Crippen molar-refractivity contribution in [2.24, 2.45) is 0 Å². The Kier molecular flexibility index (Phi) is 9.63. The van der Waals surface area contributed by atoms with Crippen LogP contribution in [0.25, 0.3) is 10.8 Å². The molecule has 0 saturated carbocycles. The predicted octanol–water partition coefficient (Wildman–Crippen LogP) is 2.22. The van der Waals surface area contributed by atoms with Gasteiger partial charge in [-0.15, -0.1) is 6.42 Å². The highest BCUT2D eigenvalue weighted by Crippen LogP contribution is 2.33. The van der Waals surface area contributed by atoms with E-state index in [0.29, 0.717) is 6.04 Å². The van der Waals surface area contributed by atoms with Gasteiger partial charge in [-0.3, -0.25) is 14.5 Å². The van der Waals surface area contributed by atoms with Crippen molar-refractivity contribution in [1.29, 1.82) is 0 Å². The van der Waals surface area contributed by atoms with Gasteiger partial charge in [0.2, 0.25) is 11.8 Å². The lowest BCUT2D eigenvalue weighted by molar-refractivity contribution is -0.126. The van der Waals surface area contributed by atoms with E-state index in [1.54, 1.807) is 10.6 Å². The van der Waals surface area contributed by atoms with Crippen molar-refractivity contribution in [1.82, 2.24) is 19.8 Å². The fraction of sp³-hybridized carbons (Fsp3) is 0.462. The van der Waals surface area contributed by atoms with Crippen molar-refractivity contribution >= 4 is 33.6 Å². The fourth-order valence-corrected chi connectivity index (χ4v) is 5.65. The number of fused-ring (bicyclic) bond motifs is 1. The average Bonchev–Trinajstić information content (AvgIpc) is 2.85. The molecule has 34 heavy (non-hydrogen) atoms. The van der Waals surface area contributed by atoms with Crippen LogP contribution in [0.15, 0.2) is 42.5 Å². The first-order valence-corrected chi connectivity index (χ1v) is 13.2. The van der Waals surface area contributed by atoms with Gasteiger partial charge in [0, 0.05) is 31.4 Å². The number of carbonyl (C=O) groups is 2. The van der Waals surface area contributed by atoms with Crippen LogP contribution in [-0.4, -0.2) is 70.2 Å². The Labute approximate surface area is 204 Å². The molecule has 0 aromatic heterocycles. The normalized spacial score (nSPS) is 16.6. The number of terminal acetylenes is 1. The first-order valence-electron chi connectivity index (χ1n) is 11.7. The summed E-state index contributed by atoms with van der Waals surface area (Å²) in [5.74, 6) is 1.65. The van der Waals surface area contributed by atoms with Gasteiger partial charge in [0.25, 0.3) is 0 Å². The van der Waals surface area contributed by atoms with Gasteiger partial charge in [0.05, 0.1) is 30.6 Å². The van der Waals surface area contributed by atoms with E-state index in [-0.39, 0.29) is 37.5 Å². The molecule has 3 rings (SSSR count). The Bertz CT molecular complexity index is 1050. The maximum absolute atomic E-state index is 12.4. The predicted molar refractivity (Wildman–Crippen MR) is 137 cm³/mol. The van der Waals surface area contributed by atoms with Gasteiger partial charge < -0.3 is 10.6 Å². The van der Waals surface area contributed by atoms with Crippen molar-refractivity contribution in [2.75, 3.05) is 39.0 Å². The highest BCUT2D eigenvalue weighted by Gasteiger charge is 2.31. The second-order valence-corrected chi connectivity index (χ2v) is 9.83. The van der Waals surface area contributed by atoms with E-state index < -0.39 is 11.0 Å². The second kappa shape index (κ2) is 12.7. The zero-order valence-electron chi connectivity index (χ0n) is 20.0. The molecular formula is C26H34N4O3S. The monoisotopic (exact) mass is 482 g/mol. The molecule has 1 saturated heterocycles. The minimum atomic E-state index is -1.29. The molecule has 0 bridgehead atoms. The van der Waals surface area contributed by atoms with E-state index in [4.69, 9.17) is 6.42 Å². The summed E-state index contributed by atoms with van der Waals surface area (Å²) in [6, 6.07) is 15.4. The number of rotatable bonds is 10. The van der Waals surface area contributed by atoms with Gasteiger partial charge >= 0.3 is 0 Å². The quantitative estimate of drug-likeness (QED) is 0.509. The number of nitrogens with one attached hydrogen (secondary N) is 2. The molecule has 7 nitrogen and oxygen atoms in total. The lowest BCUT2D eigenvalue weighted by Gasteiger charge is -2.40. The number of likely N-dealkylation sites (tertiary alicyclic amines) is 1. The van der Waals surface area contributed by atoms with Crippen LogP contribution >= 0.6 is 0 Å². The first-order chi connectivity index (χ1) is 16.4. The van der Waals surface area contributed by atoms with Crippen LogP contribution in [-0.2, 0) is 20.6 Å². The summed E-state index contributed by atoms with van der Waals surface area (Å²) < 4.78 is 14.2. The Hall–Kier alpha value is -2.73. The number of nitrogens with zero attached hydrogens (tertiary/aromatic N) is 2. The van der Waals surface area contributed by atoms with Crippen LogP contribution < -0.4 is 10.6 Å². The fourth-order valence-electron chi connectivity index (χ4n) is 4.72. The Morgan fingerprint density at radius 1 is 1.15 bits per heavy atom. The molecule has 2 unspecified atom stereocenters. The van der Waals surface area contributed by atoms with E-state index in [1.807, 2.05) is 0 Å². The minimum Gasteiger partial charge on any atom is -0.346 e. The Morgan fingerprint density at radius 2 is 1.85 bits per heavy atom. The molecule has 1 aliphatic heterocycles. The van der Waals surface area contributed by atoms with Crippen LogP contribution in [0.4, 0.5) is 0 Å². The largest absolute Gasteiger partial charge is 0.346 e. The van der Waals surface area contributed by atoms with Gasteiger partial charge in [0.1, 0.15) is 0 Å². The van der Waals surface area contributed by atoms with Crippen LogP contribution in [0.1, 0.15) is 37.8 Å². The van der Waals surface area contributed by atoms with E-state index in [9.17, 15) is 13.8 Å². The van der Waals surface area contributed by atoms with E-state index in [2.05, 4.69) is 70.8 Å². The number of amides is 2. The molecule has 2 aromatic rings. The van der Waals surface area contributed by atoms with Crippen molar-refractivity contribution in [2.45, 2.75) is 38.3 Å². The van der Waals surface area contributed by atoms with Crippen molar-refractivity contribution in [3.63, 3.8) is 0 Å². The standard InChI is InChI=1S/C26H34N4O3S/c1-4-15-27-25(31)18-28-26(32)19-30(34(3)33)21-13-16-29(17-14-21)24(5-2)23-12-8-10-20-9-6-7-11-22(20)23/h1,6-12,21,24H,5,13-19H2,2-3H3,(H,27,31)(H,28,32). The molecule has 1 aliphatic rings. The Morgan fingerprint density at radius 3 is 2.53 bits per heavy atom. The molecule has 2 amide bonds. The molecule has 2 atom stereocenters. The van der Waals surface area contributed by atoms with Crippen molar-refractivity contribution in [3.05, 3.63) is 48.0 Å². The maximum Gasteiger partial charge on any atom is 0.240 e. The van der Waals surface area contributed by atoms with Crippen LogP contribution in [0.3, 0.4) is 0 Å². The molecule has 1 heterocycles. The highest BCUT2D eigenvalue weighted by atomic mass is 32.2. The number of benzene rings is 2. The van der Waals surface area contributed by atoms with Gasteiger partial charge in [0.15, 0.2) is 0 Å². The average molecular weight is 483 g/mol. The molecule has 0 aliphatic carbocycles. The SMILES string of the molecule is C#CCNC(=O)CNC(=O)CN(C1CCN(C(CC)c2cccc3ccccc23)CC1)S(C)=O. The van der Waals surface area contributed by atoms with Crippen LogP contribution in [0.2, 0.25) is 0 Å². The lowest BCUT2D eigenvalue weighted by Crippen LogP contribution is -2.50. The third-order valence-electron chi connectivity index (χ3n) is 6.38. The molecule has 0 spiro atoms. The lowest BCUT2D eigenvalue weighted by atomic mass is 9.93. The summed E-state index contributed by atoms with van der Waals surface area (Å²) in [7, 11) is -1.29. The summed E-state index contributed by atoms with van der Waals surface area (Å²) in [6.45, 7) is 3.93. The third kappa shape index (κ3) is 6.66. The van der Waals surface area contributed by atoms with E-state index in [1.165, 1.54) is 16.3 Å². The van der Waals surface area contributed by atoms with Crippen molar-refractivity contribution < 1.29 is 13.8 Å². The van der Waals surface area contributed by atoms with E-state index in [0.717, 1.165) is 32.4 Å². The highest BCUT2D eigenvalue weighted by molar-refractivity contribution is 7.81. The topological polar surface area (TPSA) is 81.8 Å². The molecule has 2 aromatic carbocycles.